The molecule has 0 saturated carbocycles. The molecule has 0 spiro atoms. The number of aryl methyl sites for hydroxylation is 1. The lowest BCUT2D eigenvalue weighted by Gasteiger charge is -2.16. The molecule has 0 aromatic carbocycles. The zero-order chi connectivity index (χ0) is 15.4. The summed E-state index contributed by atoms with van der Waals surface area (Å²) in [6.07, 6.45) is 4.92. The summed E-state index contributed by atoms with van der Waals surface area (Å²) in [5.41, 5.74) is 6.13. The summed E-state index contributed by atoms with van der Waals surface area (Å²) in [7, 11) is 0. The van der Waals surface area contributed by atoms with Crippen LogP contribution in [0.2, 0.25) is 0 Å². The van der Waals surface area contributed by atoms with Crippen LogP contribution < -0.4 is 16.9 Å². The highest BCUT2D eigenvalue weighted by Crippen LogP contribution is 1.99. The molecule has 114 valence electrons. The van der Waals surface area contributed by atoms with Gasteiger partial charge in [-0.05, 0) is 31.4 Å². The minimum Gasteiger partial charge on any atom is -0.470 e. The minimum atomic E-state index is 0.332. The van der Waals surface area contributed by atoms with Crippen molar-refractivity contribution in [2.75, 3.05) is 13.1 Å². The van der Waals surface area contributed by atoms with Crippen LogP contribution in [0.5, 0.6) is 0 Å². The molecule has 0 bridgehead atoms. The molecule has 0 aliphatic heterocycles. The Labute approximate surface area is 120 Å². The van der Waals surface area contributed by atoms with Crippen LogP contribution in [-0.4, -0.2) is 24.5 Å². The molecule has 1 aromatic rings. The molecule has 1 heterocycles. The van der Waals surface area contributed by atoms with Crippen molar-refractivity contribution in [3.05, 3.63) is 36.1 Å². The number of carbonyl (C=O) groups is 1. The van der Waals surface area contributed by atoms with Crippen LogP contribution in [0.15, 0.2) is 34.7 Å². The second kappa shape index (κ2) is 10.9. The summed E-state index contributed by atoms with van der Waals surface area (Å²) in [6.45, 7) is 7.28. The normalized spacial score (nSPS) is 10.8. The minimum absolute atomic E-state index is 0.332. The van der Waals surface area contributed by atoms with Crippen LogP contribution in [0.1, 0.15) is 26.0 Å². The fraction of sp³-hybridized carbons (Fsp3) is 0.500. The number of nitrogens with zero attached hydrogens (tertiary/aromatic N) is 1. The Morgan fingerprint density at radius 1 is 1.55 bits per heavy atom. The van der Waals surface area contributed by atoms with Gasteiger partial charge >= 0.3 is 0 Å². The molecule has 1 amide bonds. The van der Waals surface area contributed by atoms with Crippen molar-refractivity contribution in [2.45, 2.75) is 27.2 Å². The van der Waals surface area contributed by atoms with Crippen molar-refractivity contribution in [1.82, 2.24) is 10.3 Å². The van der Waals surface area contributed by atoms with Crippen molar-refractivity contribution in [3.63, 3.8) is 0 Å². The summed E-state index contributed by atoms with van der Waals surface area (Å²) >= 11 is 0. The van der Waals surface area contributed by atoms with E-state index in [9.17, 15) is 4.79 Å². The van der Waals surface area contributed by atoms with Crippen LogP contribution >= 0.6 is 0 Å². The zero-order valence-corrected chi connectivity index (χ0v) is 12.5. The van der Waals surface area contributed by atoms with Crippen molar-refractivity contribution in [1.29, 1.82) is 0 Å². The molecule has 0 atom stereocenters. The highest BCUT2D eigenvalue weighted by Gasteiger charge is 1.98. The van der Waals surface area contributed by atoms with Gasteiger partial charge in [0.05, 0.1) is 12.8 Å². The van der Waals surface area contributed by atoms with Gasteiger partial charge in [0.25, 0.3) is 0 Å². The molecule has 6 heteroatoms. The molecular weight excluding hydrogens is 256 g/mol. The van der Waals surface area contributed by atoms with Gasteiger partial charge in [-0.15, -0.1) is 0 Å². The first kappa shape index (κ1) is 18.0. The quantitative estimate of drug-likeness (QED) is 0.398. The first-order valence-corrected chi connectivity index (χ1v) is 6.60. The van der Waals surface area contributed by atoms with E-state index in [1.165, 1.54) is 0 Å². The van der Waals surface area contributed by atoms with E-state index in [-0.39, 0.29) is 0 Å². The number of nitrogens with two attached hydrogens (primary N) is 2. The van der Waals surface area contributed by atoms with Crippen LogP contribution in [0, 0.1) is 12.8 Å². The Morgan fingerprint density at radius 3 is 2.65 bits per heavy atom. The summed E-state index contributed by atoms with van der Waals surface area (Å²) < 4.78 is 4.83. The van der Waals surface area contributed by atoms with Crippen LogP contribution in [0.3, 0.4) is 0 Å². The molecule has 1 rings (SSSR count). The molecular formula is C14H26N4O2. The lowest BCUT2D eigenvalue weighted by molar-refractivity contribution is -0.109. The van der Waals surface area contributed by atoms with Crippen LogP contribution in [0.4, 0.5) is 0 Å². The smallest absolute Gasteiger partial charge is 0.207 e. The molecule has 20 heavy (non-hydrogen) atoms. The zero-order valence-electron chi connectivity index (χ0n) is 12.5. The molecule has 6 nitrogen and oxygen atoms in total. The highest BCUT2D eigenvalue weighted by atomic mass is 16.3. The molecule has 0 aliphatic rings. The lowest BCUT2D eigenvalue weighted by Crippen LogP contribution is -2.30. The van der Waals surface area contributed by atoms with Gasteiger partial charge in [-0.25, -0.2) is 5.84 Å². The number of amides is 1. The Bertz CT molecular complexity index is 375. The molecule has 1 aromatic heterocycles. The monoisotopic (exact) mass is 282 g/mol. The number of hydrogen-bond donors (Lipinski definition) is 3. The molecule has 0 aliphatic carbocycles. The van der Waals surface area contributed by atoms with Gasteiger partial charge < -0.3 is 20.5 Å². The van der Waals surface area contributed by atoms with E-state index in [0.717, 1.165) is 18.7 Å². The van der Waals surface area contributed by atoms with E-state index >= 15 is 0 Å². The van der Waals surface area contributed by atoms with Gasteiger partial charge in [-0.3, -0.25) is 4.79 Å². The topological polar surface area (TPSA) is 97.5 Å². The largest absolute Gasteiger partial charge is 0.470 e. The van der Waals surface area contributed by atoms with E-state index in [0.29, 0.717) is 24.6 Å². The second-order valence-electron chi connectivity index (χ2n) is 4.85. The number of furan rings is 1. The number of nitrogens with one attached hydrogen (secondary N) is 1. The second-order valence-corrected chi connectivity index (χ2v) is 4.85. The maximum Gasteiger partial charge on any atom is 0.207 e. The van der Waals surface area contributed by atoms with E-state index in [1.807, 2.05) is 19.1 Å². The molecule has 0 unspecified atom stereocenters. The third-order valence-corrected chi connectivity index (χ3v) is 2.35. The maximum absolute atomic E-state index is 9.97. The Hall–Kier alpha value is -1.95. The third kappa shape index (κ3) is 11.2. The fourth-order valence-electron chi connectivity index (χ4n) is 1.25. The summed E-state index contributed by atoms with van der Waals surface area (Å²) in [6, 6.07) is 3.79. The van der Waals surface area contributed by atoms with Crippen molar-refractivity contribution in [2.24, 2.45) is 17.5 Å². The van der Waals surface area contributed by atoms with E-state index in [4.69, 9.17) is 16.0 Å². The summed E-state index contributed by atoms with van der Waals surface area (Å²) in [5.74, 6) is 7.24. The molecule has 0 saturated heterocycles. The first-order chi connectivity index (χ1) is 9.45. The van der Waals surface area contributed by atoms with Crippen molar-refractivity contribution >= 4 is 6.41 Å². The predicted octanol–water partition coefficient (Wildman–Crippen LogP) is 1.34. The Kier molecular flexibility index (Phi) is 9.86. The average Bonchev–Trinajstić information content (AvgIpc) is 2.86. The number of rotatable bonds is 7. The standard InChI is InChI=1S/C9H20N4O.C5H6O/c1-8(2)3-4-13(11)6-9(10)5-12-7-14;1-5-3-2-4-6-5/h6-8H,3-5,10-11H2,1-2H3,(H,12,14);2-4H,1H3/b9-6-;. The Balaban J connectivity index is 0.000000493. The lowest BCUT2D eigenvalue weighted by atomic mass is 10.1. The van der Waals surface area contributed by atoms with Crippen LogP contribution in [0.25, 0.3) is 0 Å². The van der Waals surface area contributed by atoms with Gasteiger partial charge in [0.1, 0.15) is 5.76 Å². The number of hydrogen-bond acceptors (Lipinski definition) is 5. The van der Waals surface area contributed by atoms with E-state index in [2.05, 4.69) is 19.2 Å². The van der Waals surface area contributed by atoms with E-state index < -0.39 is 0 Å². The Morgan fingerprint density at radius 2 is 2.25 bits per heavy atom. The van der Waals surface area contributed by atoms with Crippen LogP contribution in [-0.2, 0) is 4.79 Å². The molecule has 5 N–H and O–H groups in total. The maximum atomic E-state index is 9.97. The summed E-state index contributed by atoms with van der Waals surface area (Å²) in [5, 5.41) is 4.01. The number of carbonyl (C=O) groups excluding carboxylic acids is 1. The van der Waals surface area contributed by atoms with Gasteiger partial charge in [0.2, 0.25) is 6.41 Å². The van der Waals surface area contributed by atoms with Crippen molar-refractivity contribution < 1.29 is 9.21 Å². The van der Waals surface area contributed by atoms with Gasteiger partial charge in [0.15, 0.2) is 0 Å². The molecule has 0 radical (unpaired) electrons. The van der Waals surface area contributed by atoms with Gasteiger partial charge in [-0.2, -0.15) is 0 Å². The predicted molar refractivity (Wildman–Crippen MR) is 80.1 cm³/mol. The summed E-state index contributed by atoms with van der Waals surface area (Å²) in [4.78, 5) is 9.97. The highest BCUT2D eigenvalue weighted by molar-refractivity contribution is 5.46. The fourth-order valence-corrected chi connectivity index (χ4v) is 1.25. The number of hydrazine groups is 1. The SMILES string of the molecule is CC(C)CCN(N)/C=C(\N)CNC=O.Cc1ccco1. The molecule has 0 fully saturated rings. The van der Waals surface area contributed by atoms with Gasteiger partial charge in [-0.1, -0.05) is 13.8 Å². The van der Waals surface area contributed by atoms with Crippen molar-refractivity contribution in [3.8, 4) is 0 Å². The van der Waals surface area contributed by atoms with E-state index in [1.54, 1.807) is 17.5 Å². The average molecular weight is 282 g/mol. The third-order valence-electron chi connectivity index (χ3n) is 2.35. The van der Waals surface area contributed by atoms with Gasteiger partial charge in [0, 0.05) is 18.4 Å². The first-order valence-electron chi connectivity index (χ1n) is 6.60.